The number of nitro groups is 1. The highest BCUT2D eigenvalue weighted by Gasteiger charge is 2.26. The highest BCUT2D eigenvalue weighted by atomic mass is 32.2. The summed E-state index contributed by atoms with van der Waals surface area (Å²) < 4.78 is 34.1. The number of hydrazine groups is 1. The average Bonchev–Trinajstić information content (AvgIpc) is 3.38. The van der Waals surface area contributed by atoms with Crippen LogP contribution in [0.3, 0.4) is 0 Å². The number of piperazine rings is 1. The summed E-state index contributed by atoms with van der Waals surface area (Å²) in [6, 6.07) is 16.9. The molecule has 5 rings (SSSR count). The number of benzene rings is 3. The number of ether oxygens (including phenoxy) is 1. The van der Waals surface area contributed by atoms with Crippen LogP contribution in [-0.2, 0) is 10.0 Å². The van der Waals surface area contributed by atoms with Crippen LogP contribution in [0.5, 0.6) is 11.5 Å². The second-order valence-corrected chi connectivity index (χ2v) is 10.8. The molecule has 4 aromatic rings. The van der Waals surface area contributed by atoms with Gasteiger partial charge in [-0.2, -0.15) is 0 Å². The van der Waals surface area contributed by atoms with E-state index in [4.69, 9.17) is 4.74 Å². The van der Waals surface area contributed by atoms with Crippen molar-refractivity contribution in [1.82, 2.24) is 19.6 Å². The number of sulfonamides is 1. The molecule has 1 aromatic heterocycles. The van der Waals surface area contributed by atoms with Gasteiger partial charge in [-0.3, -0.25) is 14.9 Å². The molecular formula is C26H26N6O6S. The number of nitrogens with one attached hydrogen (secondary N) is 3. The predicted molar refractivity (Wildman–Crippen MR) is 145 cm³/mol. The van der Waals surface area contributed by atoms with Crippen LogP contribution in [0.2, 0.25) is 0 Å². The molecule has 1 aliphatic rings. The topological polar surface area (TPSA) is 150 Å². The molecule has 1 saturated heterocycles. The van der Waals surface area contributed by atoms with Gasteiger partial charge < -0.3 is 20.0 Å². The quantitative estimate of drug-likeness (QED) is 0.221. The van der Waals surface area contributed by atoms with Crippen LogP contribution in [-0.4, -0.2) is 67.4 Å². The number of carbonyl (C=O) groups is 1. The van der Waals surface area contributed by atoms with Crippen LogP contribution in [0.15, 0.2) is 77.8 Å². The Bertz CT molecular complexity index is 1650. The Morgan fingerprint density at radius 3 is 2.56 bits per heavy atom. The van der Waals surface area contributed by atoms with E-state index in [1.807, 2.05) is 28.9 Å². The summed E-state index contributed by atoms with van der Waals surface area (Å²) in [5.74, 6) is -0.322. The normalized spacial score (nSPS) is 14.7. The Labute approximate surface area is 224 Å². The number of fused-ring (bicyclic) bond motifs is 1. The van der Waals surface area contributed by atoms with Crippen molar-refractivity contribution >= 4 is 38.2 Å². The lowest BCUT2D eigenvalue weighted by Gasteiger charge is -2.32. The molecule has 3 N–H and O–H groups in total. The minimum Gasteiger partial charge on any atom is -0.457 e. The number of amides is 1. The molecule has 0 unspecified atom stereocenters. The van der Waals surface area contributed by atoms with E-state index in [-0.39, 0.29) is 17.0 Å². The molecule has 0 aliphatic carbocycles. The molecule has 12 nitrogen and oxygen atoms in total. The van der Waals surface area contributed by atoms with Crippen LogP contribution in [0.4, 0.5) is 11.4 Å². The van der Waals surface area contributed by atoms with E-state index in [1.54, 1.807) is 36.5 Å². The molecule has 2 heterocycles. The van der Waals surface area contributed by atoms with Gasteiger partial charge in [0.05, 0.1) is 15.4 Å². The number of likely N-dealkylation sites (N-methyl/N-ethyl adjacent to an activating group) is 1. The predicted octanol–water partition coefficient (Wildman–Crippen LogP) is 3.56. The first-order chi connectivity index (χ1) is 18.7. The maximum Gasteiger partial charge on any atom is 0.295 e. The van der Waals surface area contributed by atoms with Gasteiger partial charge in [0.1, 0.15) is 17.2 Å². The number of hydrogen-bond donors (Lipinski definition) is 3. The number of rotatable bonds is 8. The molecule has 3 aromatic carbocycles. The first-order valence-corrected chi connectivity index (χ1v) is 13.6. The molecule has 1 aliphatic heterocycles. The van der Waals surface area contributed by atoms with E-state index < -0.39 is 31.4 Å². The van der Waals surface area contributed by atoms with Crippen molar-refractivity contribution in [2.75, 3.05) is 38.7 Å². The largest absolute Gasteiger partial charge is 0.457 e. The fourth-order valence-corrected chi connectivity index (χ4v) is 5.20. The summed E-state index contributed by atoms with van der Waals surface area (Å²) in [7, 11) is -2.46. The first kappa shape index (κ1) is 26.2. The molecule has 13 heteroatoms. The van der Waals surface area contributed by atoms with Gasteiger partial charge in [0, 0.05) is 49.3 Å². The van der Waals surface area contributed by atoms with Gasteiger partial charge in [0.15, 0.2) is 0 Å². The molecule has 0 spiro atoms. The second kappa shape index (κ2) is 10.7. The summed E-state index contributed by atoms with van der Waals surface area (Å²) in [4.78, 5) is 29.0. The molecule has 0 atom stereocenters. The number of anilines is 1. The van der Waals surface area contributed by atoms with Crippen molar-refractivity contribution in [3.8, 4) is 11.5 Å². The van der Waals surface area contributed by atoms with Gasteiger partial charge in [-0.25, -0.2) is 18.1 Å². The van der Waals surface area contributed by atoms with E-state index in [0.717, 1.165) is 30.1 Å². The van der Waals surface area contributed by atoms with Gasteiger partial charge >= 0.3 is 0 Å². The molecule has 202 valence electrons. The van der Waals surface area contributed by atoms with E-state index >= 15 is 0 Å². The number of carbonyl (C=O) groups excluding carboxylic acids is 1. The number of hydrogen-bond acceptors (Lipinski definition) is 9. The van der Waals surface area contributed by atoms with Gasteiger partial charge in [0.2, 0.25) is 0 Å². The summed E-state index contributed by atoms with van der Waals surface area (Å²) in [5.41, 5.74) is 3.64. The van der Waals surface area contributed by atoms with E-state index in [1.165, 1.54) is 18.2 Å². The Hall–Kier alpha value is -4.46. The lowest BCUT2D eigenvalue weighted by Crippen LogP contribution is -2.47. The molecule has 1 fully saturated rings. The Kier molecular flexibility index (Phi) is 7.19. The molecule has 39 heavy (non-hydrogen) atoms. The minimum atomic E-state index is -4.44. The average molecular weight is 551 g/mol. The highest BCUT2D eigenvalue weighted by Crippen LogP contribution is 2.30. The maximum atomic E-state index is 13.1. The van der Waals surface area contributed by atoms with Crippen LogP contribution >= 0.6 is 0 Å². The lowest BCUT2D eigenvalue weighted by atomic mass is 10.2. The number of nitrogens with zero attached hydrogens (tertiary/aromatic N) is 3. The zero-order valence-corrected chi connectivity index (χ0v) is 21.8. The van der Waals surface area contributed by atoms with Crippen molar-refractivity contribution in [3.63, 3.8) is 0 Å². The fraction of sp³-hybridized carbons (Fsp3) is 0.192. The fourth-order valence-electron chi connectivity index (χ4n) is 4.21. The van der Waals surface area contributed by atoms with Crippen molar-refractivity contribution in [2.45, 2.75) is 4.90 Å². The monoisotopic (exact) mass is 550 g/mol. The number of H-pyrrole nitrogens is 1. The Morgan fingerprint density at radius 2 is 1.79 bits per heavy atom. The smallest absolute Gasteiger partial charge is 0.295 e. The Balaban J connectivity index is 1.35. The summed E-state index contributed by atoms with van der Waals surface area (Å²) >= 11 is 0. The van der Waals surface area contributed by atoms with Crippen LogP contribution in [0.1, 0.15) is 10.4 Å². The molecule has 0 saturated carbocycles. The molecule has 0 radical (unpaired) electrons. The second-order valence-electron chi connectivity index (χ2n) is 9.10. The van der Waals surface area contributed by atoms with Crippen molar-refractivity contribution in [3.05, 3.63) is 88.6 Å². The van der Waals surface area contributed by atoms with Crippen LogP contribution in [0.25, 0.3) is 10.9 Å². The van der Waals surface area contributed by atoms with Crippen LogP contribution < -0.4 is 14.9 Å². The third-order valence-electron chi connectivity index (χ3n) is 6.37. The zero-order chi connectivity index (χ0) is 27.6. The third kappa shape index (κ3) is 5.85. The van der Waals surface area contributed by atoms with Crippen molar-refractivity contribution in [1.29, 1.82) is 0 Å². The molecule has 1 amide bonds. The standard InChI is InChI=1S/C26H26N6O6S/c1-30-12-14-31(15-13-30)28-23-9-7-20(17-24(23)32(34)35)39(36,37)29-26(33)21-4-2-3-5-25(21)38-19-6-8-22-18(16-19)10-11-27-22/h2-11,16-17,27-28H,12-15H2,1H3,(H,29,33). The van der Waals surface area contributed by atoms with Gasteiger partial charge in [-0.15, -0.1) is 0 Å². The van der Waals surface area contributed by atoms with E-state index in [9.17, 15) is 23.3 Å². The zero-order valence-electron chi connectivity index (χ0n) is 21.0. The van der Waals surface area contributed by atoms with E-state index in [2.05, 4.69) is 15.3 Å². The van der Waals surface area contributed by atoms with Gasteiger partial charge in [0.25, 0.3) is 21.6 Å². The lowest BCUT2D eigenvalue weighted by molar-refractivity contribution is -0.384. The minimum absolute atomic E-state index is 0.0157. The molecular weight excluding hydrogens is 524 g/mol. The SMILES string of the molecule is CN1CCN(Nc2ccc(S(=O)(=O)NC(=O)c3ccccc3Oc3ccc4[nH]ccc4c3)cc2[N+](=O)[O-])CC1. The maximum absolute atomic E-state index is 13.1. The first-order valence-electron chi connectivity index (χ1n) is 12.1. The highest BCUT2D eigenvalue weighted by molar-refractivity contribution is 7.90. The Morgan fingerprint density at radius 1 is 1.03 bits per heavy atom. The number of aromatic amines is 1. The van der Waals surface area contributed by atoms with Gasteiger partial charge in [-0.05, 0) is 55.6 Å². The number of para-hydroxylation sites is 1. The van der Waals surface area contributed by atoms with Crippen LogP contribution in [0, 0.1) is 10.1 Å². The summed E-state index contributed by atoms with van der Waals surface area (Å²) in [6.45, 7) is 2.85. The van der Waals surface area contributed by atoms with Crippen molar-refractivity contribution in [2.24, 2.45) is 0 Å². The third-order valence-corrected chi connectivity index (χ3v) is 7.70. The number of aromatic nitrogens is 1. The summed E-state index contributed by atoms with van der Waals surface area (Å²) in [5, 5.41) is 14.5. The summed E-state index contributed by atoms with van der Waals surface area (Å²) in [6.07, 6.45) is 1.79. The number of nitro benzene ring substituents is 1. The van der Waals surface area contributed by atoms with E-state index in [0.29, 0.717) is 18.8 Å². The van der Waals surface area contributed by atoms with Crippen molar-refractivity contribution < 1.29 is 22.9 Å². The van der Waals surface area contributed by atoms with Gasteiger partial charge in [-0.1, -0.05) is 12.1 Å². The molecule has 0 bridgehead atoms.